The molecule has 1 aliphatic carbocycles. The summed E-state index contributed by atoms with van der Waals surface area (Å²) >= 11 is 0. The van der Waals surface area contributed by atoms with E-state index in [4.69, 9.17) is 9.47 Å². The zero-order chi connectivity index (χ0) is 44.9. The predicted molar refractivity (Wildman–Crippen MR) is 248 cm³/mol. The molecule has 1 amide bonds. The second-order valence-electron chi connectivity index (χ2n) is 17.9. The van der Waals surface area contributed by atoms with Crippen molar-refractivity contribution >= 4 is 49.6 Å². The SMILES string of the molecule is C=C(C)c1ccccc1[C@@H]1CCCN1C1CC2(CCN(c3ccc(C(=O)NS(=O)(=O)c4cc5c(c([N+](=O)[O-])c4)N[C@@H](Cc4ccccn4)CO5)c(Oc4cnc5[nH]ccc5c4)c3)CC2)C1. The molecule has 65 heavy (non-hydrogen) atoms. The topological polar surface area (TPSA) is 185 Å². The van der Waals surface area contributed by atoms with Gasteiger partial charge in [-0.2, -0.15) is 0 Å². The molecular weight excluding hydrogens is 845 g/mol. The molecule has 3 aliphatic heterocycles. The van der Waals surface area contributed by atoms with Gasteiger partial charge in [-0.25, -0.2) is 18.1 Å². The van der Waals surface area contributed by atoms with E-state index in [1.165, 1.54) is 49.1 Å². The first kappa shape index (κ1) is 42.2. The molecule has 3 aromatic carbocycles. The Morgan fingerprint density at radius 2 is 1.83 bits per heavy atom. The van der Waals surface area contributed by atoms with Crippen LogP contribution in [0, 0.1) is 15.5 Å². The van der Waals surface area contributed by atoms with E-state index in [1.807, 2.05) is 24.3 Å². The normalized spacial score (nSPS) is 19.5. The number of allylic oxidation sites excluding steroid dienone is 1. The predicted octanol–water partition coefficient (Wildman–Crippen LogP) is 8.81. The lowest BCUT2D eigenvalue weighted by Crippen LogP contribution is -2.54. The highest BCUT2D eigenvalue weighted by atomic mass is 32.2. The Kier molecular flexibility index (Phi) is 11.0. The number of nitro groups is 1. The first-order chi connectivity index (χ1) is 31.4. The zero-order valence-corrected chi connectivity index (χ0v) is 36.9. The number of rotatable bonds is 12. The highest BCUT2D eigenvalue weighted by Gasteiger charge is 2.50. The van der Waals surface area contributed by atoms with E-state index in [-0.39, 0.29) is 40.8 Å². The smallest absolute Gasteiger partial charge is 0.297 e. The third-order valence-corrected chi connectivity index (χ3v) is 15.0. The second kappa shape index (κ2) is 17.0. The van der Waals surface area contributed by atoms with Crippen molar-refractivity contribution in [1.82, 2.24) is 24.6 Å². The van der Waals surface area contributed by atoms with Crippen molar-refractivity contribution in [2.24, 2.45) is 5.41 Å². The minimum atomic E-state index is -4.66. The number of nitro benzene ring substituents is 1. The third kappa shape index (κ3) is 8.39. The fraction of sp³-hybridized carbons (Fsp3) is 0.327. The number of H-pyrrole nitrogens is 1. The lowest BCUT2D eigenvalue weighted by atomic mass is 9.59. The van der Waals surface area contributed by atoms with Gasteiger partial charge >= 0.3 is 0 Å². The number of fused-ring (bicyclic) bond motifs is 2. The number of ether oxygens (including phenoxy) is 2. The Bertz CT molecular complexity index is 2920. The molecule has 0 radical (unpaired) electrons. The van der Waals surface area contributed by atoms with Crippen molar-refractivity contribution in [3.8, 4) is 17.2 Å². The molecule has 6 heterocycles. The molecule has 4 aliphatic rings. The van der Waals surface area contributed by atoms with Gasteiger partial charge in [-0.1, -0.05) is 42.5 Å². The summed E-state index contributed by atoms with van der Waals surface area (Å²) in [6.45, 7) is 9.22. The minimum Gasteiger partial charge on any atom is -0.489 e. The number of likely N-dealkylation sites (tertiary alicyclic amines) is 1. The zero-order valence-electron chi connectivity index (χ0n) is 36.0. The van der Waals surface area contributed by atoms with E-state index >= 15 is 0 Å². The number of carbonyl (C=O) groups excluding carboxylic acids is 1. The average molecular weight is 895 g/mol. The summed E-state index contributed by atoms with van der Waals surface area (Å²) in [6.07, 6.45) is 12.2. The van der Waals surface area contributed by atoms with Gasteiger partial charge in [0.2, 0.25) is 0 Å². The lowest BCUT2D eigenvalue weighted by Gasteiger charge is -2.56. The Hall–Kier alpha value is -6.78. The van der Waals surface area contributed by atoms with Crippen LogP contribution in [-0.2, 0) is 16.4 Å². The number of sulfonamides is 1. The van der Waals surface area contributed by atoms with Gasteiger partial charge in [-0.05, 0) is 105 Å². The van der Waals surface area contributed by atoms with Crippen LogP contribution >= 0.6 is 0 Å². The van der Waals surface area contributed by atoms with Crippen LogP contribution in [0.1, 0.15) is 78.7 Å². The maximum Gasteiger partial charge on any atom is 0.297 e. The van der Waals surface area contributed by atoms with Crippen molar-refractivity contribution in [3.05, 3.63) is 143 Å². The van der Waals surface area contributed by atoms with E-state index in [0.717, 1.165) is 60.9 Å². The van der Waals surface area contributed by atoms with Gasteiger partial charge in [-0.3, -0.25) is 24.8 Å². The monoisotopic (exact) mass is 894 g/mol. The van der Waals surface area contributed by atoms with Crippen molar-refractivity contribution in [1.29, 1.82) is 0 Å². The third-order valence-electron chi connectivity index (χ3n) is 13.6. The Balaban J connectivity index is 0.860. The fourth-order valence-electron chi connectivity index (χ4n) is 10.3. The summed E-state index contributed by atoms with van der Waals surface area (Å²) in [4.78, 5) is 42.0. The largest absolute Gasteiger partial charge is 0.489 e. The molecule has 2 atom stereocenters. The van der Waals surface area contributed by atoms with E-state index < -0.39 is 31.4 Å². The Morgan fingerprint density at radius 3 is 2.62 bits per heavy atom. The van der Waals surface area contributed by atoms with Gasteiger partial charge in [0.05, 0.1) is 27.6 Å². The van der Waals surface area contributed by atoms with Crippen LogP contribution in [0.4, 0.5) is 17.1 Å². The van der Waals surface area contributed by atoms with E-state index in [1.54, 1.807) is 36.7 Å². The number of nitrogens with zero attached hydrogens (tertiary/aromatic N) is 5. The fourth-order valence-corrected chi connectivity index (χ4v) is 11.3. The summed E-state index contributed by atoms with van der Waals surface area (Å²) in [5.41, 5.74) is 5.81. The van der Waals surface area contributed by atoms with Gasteiger partial charge in [0.25, 0.3) is 21.6 Å². The molecule has 334 valence electrons. The summed E-state index contributed by atoms with van der Waals surface area (Å²) in [6, 6.07) is 25.7. The molecule has 2 saturated heterocycles. The van der Waals surface area contributed by atoms with Crippen molar-refractivity contribution < 1.29 is 27.6 Å². The van der Waals surface area contributed by atoms with Crippen LogP contribution in [0.5, 0.6) is 17.2 Å². The first-order valence-corrected chi connectivity index (χ1v) is 23.6. The van der Waals surface area contributed by atoms with Gasteiger partial charge < -0.3 is 24.7 Å². The number of anilines is 2. The standard InChI is InChI=1S/C49H50N8O7S/c1-31(2)39-9-3-4-10-40(39)42-11-7-19-56(42)36-27-49(28-36)15-20-55(21-16-49)35-12-13-41(44(24-35)64-37-22-32-14-18-51-47(32)52-29-37)48(58)54-65(61,62)38-25-43(57(59)60)46-45(26-38)63-30-34(53-46)23-33-8-5-6-17-50-33/h3-6,8-10,12-14,17-18,22,24-26,29,34,36,42,53H,1,7,11,15-16,19-21,23,27-28,30H2,2H3,(H,51,52)(H,54,58)/t34-,42-/m0/s1. The summed E-state index contributed by atoms with van der Waals surface area (Å²) in [5.74, 6) is -0.502. The molecule has 3 N–H and O–H groups in total. The number of hydrogen-bond acceptors (Lipinski definition) is 12. The van der Waals surface area contributed by atoms with Crippen molar-refractivity contribution in [2.45, 2.75) is 74.9 Å². The van der Waals surface area contributed by atoms with E-state index in [2.05, 4.69) is 72.6 Å². The van der Waals surface area contributed by atoms with Crippen LogP contribution in [0.15, 0.2) is 115 Å². The van der Waals surface area contributed by atoms with Crippen LogP contribution in [0.2, 0.25) is 0 Å². The number of aromatic nitrogens is 3. The number of amides is 1. The van der Waals surface area contributed by atoms with E-state index in [9.17, 15) is 23.3 Å². The lowest BCUT2D eigenvalue weighted by molar-refractivity contribution is -0.384. The average Bonchev–Trinajstić information content (AvgIpc) is 3.98. The molecule has 3 aromatic heterocycles. The summed E-state index contributed by atoms with van der Waals surface area (Å²) in [5, 5.41) is 16.2. The second-order valence-corrected chi connectivity index (χ2v) is 19.5. The van der Waals surface area contributed by atoms with Crippen molar-refractivity contribution in [2.75, 3.05) is 36.5 Å². The van der Waals surface area contributed by atoms with Crippen LogP contribution in [0.3, 0.4) is 0 Å². The molecule has 3 fully saturated rings. The molecule has 10 rings (SSSR count). The molecule has 0 unspecified atom stereocenters. The van der Waals surface area contributed by atoms with Crippen LogP contribution in [0.25, 0.3) is 16.6 Å². The molecule has 0 bridgehead atoms. The number of benzene rings is 3. The van der Waals surface area contributed by atoms with Gasteiger partial charge in [-0.15, -0.1) is 0 Å². The summed E-state index contributed by atoms with van der Waals surface area (Å²) in [7, 11) is -4.66. The maximum atomic E-state index is 14.1. The number of carbonyl (C=O) groups is 1. The first-order valence-electron chi connectivity index (χ1n) is 22.1. The number of aromatic amines is 1. The Labute approximate surface area is 377 Å². The number of piperidine rings is 1. The molecular formula is C49H50N8O7S. The highest BCUT2D eigenvalue weighted by Crippen LogP contribution is 2.54. The summed E-state index contributed by atoms with van der Waals surface area (Å²) < 4.78 is 42.2. The van der Waals surface area contributed by atoms with Crippen LogP contribution < -0.4 is 24.4 Å². The highest BCUT2D eigenvalue weighted by molar-refractivity contribution is 7.90. The quantitative estimate of drug-likeness (QED) is 0.0785. The Morgan fingerprint density at radius 1 is 1.02 bits per heavy atom. The van der Waals surface area contributed by atoms with Gasteiger partial charge in [0, 0.05) is 79.0 Å². The molecule has 1 saturated carbocycles. The maximum absolute atomic E-state index is 14.1. The van der Waals surface area contributed by atoms with E-state index in [0.29, 0.717) is 29.9 Å². The molecule has 16 heteroatoms. The van der Waals surface area contributed by atoms with Crippen LogP contribution in [-0.4, -0.2) is 77.4 Å². The molecule has 6 aromatic rings. The molecule has 1 spiro atoms. The van der Waals surface area contributed by atoms with Gasteiger partial charge in [0.15, 0.2) is 11.4 Å². The number of hydrogen-bond donors (Lipinski definition) is 3. The number of pyridine rings is 2. The minimum absolute atomic E-state index is 0.0179. The molecule has 15 nitrogen and oxygen atoms in total. The van der Waals surface area contributed by atoms with Gasteiger partial charge in [0.1, 0.15) is 23.8 Å². The number of nitrogens with one attached hydrogen (secondary N) is 3. The van der Waals surface area contributed by atoms with Crippen molar-refractivity contribution in [3.63, 3.8) is 0 Å².